The van der Waals surface area contributed by atoms with Gasteiger partial charge in [-0.15, -0.1) is 11.3 Å². The maximum atomic E-state index is 12.8. The predicted molar refractivity (Wildman–Crippen MR) is 142 cm³/mol. The van der Waals surface area contributed by atoms with Gasteiger partial charge in [0.1, 0.15) is 22.4 Å². The first kappa shape index (κ1) is 24.8. The Morgan fingerprint density at radius 3 is 2.69 bits per heavy atom. The monoisotopic (exact) mass is 526 g/mol. The zero-order valence-electron chi connectivity index (χ0n) is 20.3. The number of nitrogens with one attached hydrogen (secondary N) is 2. The predicted octanol–water partition coefficient (Wildman–Crippen LogP) is 3.54. The first-order valence-electron chi connectivity index (χ1n) is 12.0. The number of nitrogens with two attached hydrogens (primary N) is 1. The standard InChI is InChI=1S/C25H30N6O3S2/c1-15(2)34-23-6-4-18(36(26)33)11-20(23)29-25-30-22(14-35-25)17-3-5-19(27-12-17)24(32)28-21-13-31-9-7-16(21)8-10-31/h3-6,11-12,14-16,21H,7-10,13,26H2,1-2H3,(H,28,32)(H,29,30). The van der Waals surface area contributed by atoms with E-state index in [1.165, 1.54) is 11.3 Å². The molecule has 0 aliphatic carbocycles. The Kier molecular flexibility index (Phi) is 7.33. The Labute approximate surface area is 217 Å². The van der Waals surface area contributed by atoms with Crippen LogP contribution in [0.15, 0.2) is 46.8 Å². The average Bonchev–Trinajstić information content (AvgIpc) is 3.34. The molecule has 4 N–H and O–H groups in total. The van der Waals surface area contributed by atoms with Crippen LogP contribution in [-0.2, 0) is 11.0 Å². The molecular formula is C25H30N6O3S2. The van der Waals surface area contributed by atoms with E-state index in [2.05, 4.69) is 25.5 Å². The molecule has 11 heteroatoms. The second kappa shape index (κ2) is 10.6. The molecule has 1 aromatic carbocycles. The number of hydrogen-bond acceptors (Lipinski definition) is 8. The summed E-state index contributed by atoms with van der Waals surface area (Å²) in [6.07, 6.45) is 3.95. The van der Waals surface area contributed by atoms with Gasteiger partial charge in [-0.25, -0.2) is 14.3 Å². The first-order valence-corrected chi connectivity index (χ1v) is 14.1. The molecule has 6 rings (SSSR count). The van der Waals surface area contributed by atoms with Crippen LogP contribution in [0.1, 0.15) is 37.2 Å². The Morgan fingerprint density at radius 2 is 2.06 bits per heavy atom. The summed E-state index contributed by atoms with van der Waals surface area (Å²) in [6, 6.07) is 8.95. The smallest absolute Gasteiger partial charge is 0.270 e. The molecule has 2 bridgehead atoms. The molecule has 0 radical (unpaired) electrons. The molecule has 0 saturated carbocycles. The van der Waals surface area contributed by atoms with E-state index in [4.69, 9.17) is 9.88 Å². The number of thiazole rings is 1. The minimum atomic E-state index is -1.61. The SMILES string of the molecule is CC(C)Oc1ccc(S(N)=O)cc1Nc1nc(-c2ccc(C(=O)NC3CN4CCC3CC4)nc2)cs1. The number of anilines is 2. The van der Waals surface area contributed by atoms with Gasteiger partial charge < -0.3 is 20.3 Å². The fourth-order valence-electron chi connectivity index (χ4n) is 4.72. The van der Waals surface area contributed by atoms with Crippen LogP contribution in [0.4, 0.5) is 10.8 Å². The Balaban J connectivity index is 1.27. The minimum absolute atomic E-state index is 0.0285. The molecular weight excluding hydrogens is 496 g/mol. The number of aromatic nitrogens is 2. The van der Waals surface area contributed by atoms with Crippen molar-refractivity contribution in [2.24, 2.45) is 11.1 Å². The third-order valence-electron chi connectivity index (χ3n) is 6.56. The third kappa shape index (κ3) is 5.59. The number of piperidine rings is 3. The summed E-state index contributed by atoms with van der Waals surface area (Å²) in [5.74, 6) is 1.06. The van der Waals surface area contributed by atoms with E-state index in [9.17, 15) is 9.00 Å². The van der Waals surface area contributed by atoms with E-state index in [1.807, 2.05) is 25.3 Å². The fraction of sp³-hybridized carbons (Fsp3) is 0.400. The van der Waals surface area contributed by atoms with Crippen molar-refractivity contribution in [3.8, 4) is 17.0 Å². The molecule has 36 heavy (non-hydrogen) atoms. The summed E-state index contributed by atoms with van der Waals surface area (Å²) < 4.78 is 17.6. The number of nitrogens with zero attached hydrogens (tertiary/aromatic N) is 3. The summed E-state index contributed by atoms with van der Waals surface area (Å²) in [5.41, 5.74) is 2.60. The third-order valence-corrected chi connectivity index (χ3v) is 8.03. The number of benzene rings is 1. The van der Waals surface area contributed by atoms with Crippen molar-refractivity contribution in [3.05, 3.63) is 47.6 Å². The molecule has 3 aliphatic rings. The van der Waals surface area contributed by atoms with Gasteiger partial charge in [0.05, 0.1) is 22.4 Å². The Morgan fingerprint density at radius 1 is 1.25 bits per heavy atom. The van der Waals surface area contributed by atoms with Gasteiger partial charge in [0.2, 0.25) is 0 Å². The fourth-order valence-corrected chi connectivity index (χ4v) is 5.89. The average molecular weight is 527 g/mol. The number of amides is 1. The first-order chi connectivity index (χ1) is 17.4. The van der Waals surface area contributed by atoms with Gasteiger partial charge >= 0.3 is 0 Å². The molecule has 9 nitrogen and oxygen atoms in total. The molecule has 3 aliphatic heterocycles. The highest BCUT2D eigenvalue weighted by molar-refractivity contribution is 7.82. The lowest BCUT2D eigenvalue weighted by Gasteiger charge is -2.44. The lowest BCUT2D eigenvalue weighted by atomic mass is 9.84. The van der Waals surface area contributed by atoms with Gasteiger partial charge in [0.15, 0.2) is 5.13 Å². The zero-order chi connectivity index (χ0) is 25.2. The van der Waals surface area contributed by atoms with Crippen LogP contribution in [0.2, 0.25) is 0 Å². The van der Waals surface area contributed by atoms with Crippen LogP contribution in [-0.4, -0.2) is 56.8 Å². The van der Waals surface area contributed by atoms with Crippen molar-refractivity contribution in [2.75, 3.05) is 25.0 Å². The van der Waals surface area contributed by atoms with E-state index < -0.39 is 11.0 Å². The molecule has 5 heterocycles. The van der Waals surface area contributed by atoms with Crippen molar-refractivity contribution >= 4 is 39.0 Å². The molecule has 190 valence electrons. The van der Waals surface area contributed by atoms with Gasteiger partial charge in [0, 0.05) is 29.7 Å². The largest absolute Gasteiger partial charge is 0.489 e. The number of pyridine rings is 1. The molecule has 2 atom stereocenters. The van der Waals surface area contributed by atoms with Crippen molar-refractivity contribution in [2.45, 2.75) is 43.7 Å². The van der Waals surface area contributed by atoms with Crippen LogP contribution in [0, 0.1) is 5.92 Å². The van der Waals surface area contributed by atoms with E-state index in [-0.39, 0.29) is 18.1 Å². The summed E-state index contributed by atoms with van der Waals surface area (Å²) in [4.78, 5) is 24.7. The van der Waals surface area contributed by atoms with Crippen molar-refractivity contribution in [3.63, 3.8) is 0 Å². The minimum Gasteiger partial charge on any atom is -0.489 e. The number of carbonyl (C=O) groups excluding carboxylic acids is 1. The highest BCUT2D eigenvalue weighted by atomic mass is 32.2. The molecule has 1 amide bonds. The van der Waals surface area contributed by atoms with E-state index in [0.29, 0.717) is 33.1 Å². The van der Waals surface area contributed by atoms with Gasteiger partial charge in [-0.1, -0.05) is 0 Å². The Bertz CT molecular complexity index is 1250. The van der Waals surface area contributed by atoms with E-state index in [1.54, 1.807) is 30.5 Å². The van der Waals surface area contributed by atoms with E-state index >= 15 is 0 Å². The molecule has 0 spiro atoms. The number of carbonyl (C=O) groups is 1. The topological polar surface area (TPSA) is 122 Å². The van der Waals surface area contributed by atoms with Gasteiger partial charge in [-0.05, 0) is 76.0 Å². The van der Waals surface area contributed by atoms with Gasteiger partial charge in [0.25, 0.3) is 5.91 Å². The highest BCUT2D eigenvalue weighted by Crippen LogP contribution is 2.33. The molecule has 3 fully saturated rings. The summed E-state index contributed by atoms with van der Waals surface area (Å²) in [6.45, 7) is 7.08. The van der Waals surface area contributed by atoms with E-state index in [0.717, 1.165) is 43.7 Å². The van der Waals surface area contributed by atoms with Crippen LogP contribution in [0.3, 0.4) is 0 Å². The highest BCUT2D eigenvalue weighted by Gasteiger charge is 2.35. The van der Waals surface area contributed by atoms with Gasteiger partial charge in [-0.3, -0.25) is 9.78 Å². The molecule has 3 saturated heterocycles. The molecule has 2 unspecified atom stereocenters. The lowest BCUT2D eigenvalue weighted by Crippen LogP contribution is -2.57. The maximum Gasteiger partial charge on any atom is 0.270 e. The van der Waals surface area contributed by atoms with Crippen LogP contribution >= 0.6 is 11.3 Å². The van der Waals surface area contributed by atoms with Crippen molar-refractivity contribution in [1.82, 2.24) is 20.2 Å². The van der Waals surface area contributed by atoms with Crippen molar-refractivity contribution < 1.29 is 13.7 Å². The molecule has 2 aromatic heterocycles. The quantitative estimate of drug-likeness (QED) is 0.410. The number of ether oxygens (including phenoxy) is 1. The van der Waals surface area contributed by atoms with Crippen molar-refractivity contribution in [1.29, 1.82) is 0 Å². The van der Waals surface area contributed by atoms with Crippen LogP contribution in [0.5, 0.6) is 5.75 Å². The summed E-state index contributed by atoms with van der Waals surface area (Å²) >= 11 is 1.43. The van der Waals surface area contributed by atoms with Crippen LogP contribution in [0.25, 0.3) is 11.3 Å². The van der Waals surface area contributed by atoms with Crippen LogP contribution < -0.4 is 20.5 Å². The second-order valence-electron chi connectivity index (χ2n) is 9.43. The summed E-state index contributed by atoms with van der Waals surface area (Å²) in [7, 11) is -1.61. The number of hydrogen-bond donors (Lipinski definition) is 3. The Hall–Kier alpha value is -2.86. The number of fused-ring (bicyclic) bond motifs is 3. The maximum absolute atomic E-state index is 12.8. The number of rotatable bonds is 8. The normalized spacial score (nSPS) is 21.8. The zero-order valence-corrected chi connectivity index (χ0v) is 21.9. The van der Waals surface area contributed by atoms with Gasteiger partial charge in [-0.2, -0.15) is 0 Å². The second-order valence-corrected chi connectivity index (χ2v) is 11.4. The summed E-state index contributed by atoms with van der Waals surface area (Å²) in [5, 5.41) is 14.6. The lowest BCUT2D eigenvalue weighted by molar-refractivity contribution is 0.0618. The molecule has 3 aromatic rings.